The maximum Gasteiger partial charge on any atom is 0.240 e. The molecule has 0 radical (unpaired) electrons. The molecule has 134 valence electrons. The molecule has 24 heavy (non-hydrogen) atoms. The Kier molecular flexibility index (Phi) is 6.78. The van der Waals surface area contributed by atoms with Crippen LogP contribution in [-0.4, -0.2) is 33.2 Å². The van der Waals surface area contributed by atoms with Crippen LogP contribution in [0.1, 0.15) is 38.5 Å². The van der Waals surface area contributed by atoms with Crippen LogP contribution < -0.4 is 9.62 Å². The minimum atomic E-state index is -3.64. The van der Waals surface area contributed by atoms with Gasteiger partial charge >= 0.3 is 0 Å². The fraction of sp³-hybridized carbons (Fsp3) is 0.562. The van der Waals surface area contributed by atoms with Crippen molar-refractivity contribution in [3.05, 3.63) is 28.2 Å². The van der Waals surface area contributed by atoms with Gasteiger partial charge in [0.15, 0.2) is 0 Å². The molecule has 2 rings (SSSR count). The number of rotatable bonds is 5. The predicted molar refractivity (Wildman–Crippen MR) is 98.3 cm³/mol. The number of hydrogen-bond donors (Lipinski definition) is 1. The van der Waals surface area contributed by atoms with Crippen LogP contribution in [0.2, 0.25) is 10.0 Å². The number of nitrogens with zero attached hydrogens (tertiary/aromatic N) is 1. The summed E-state index contributed by atoms with van der Waals surface area (Å²) in [6.45, 7) is -0.286. The summed E-state index contributed by atoms with van der Waals surface area (Å²) in [5.74, 6) is -0.316. The van der Waals surface area contributed by atoms with E-state index in [1.807, 2.05) is 0 Å². The SMILES string of the molecule is CS(=O)(=O)N(CC(=O)NC1CCCCCC1)c1cc(Cl)cc(Cl)c1. The number of halogens is 2. The standard InChI is InChI=1S/C16H22Cl2N2O3S/c1-24(22,23)20(15-9-12(17)8-13(18)10-15)11-16(21)19-14-6-4-2-3-5-7-14/h8-10,14H,2-7,11H2,1H3,(H,19,21). The molecule has 1 aliphatic carbocycles. The van der Waals surface area contributed by atoms with Crippen molar-refractivity contribution in [2.75, 3.05) is 17.1 Å². The Morgan fingerprint density at radius 1 is 1.12 bits per heavy atom. The Morgan fingerprint density at radius 3 is 2.17 bits per heavy atom. The van der Waals surface area contributed by atoms with Crippen molar-refractivity contribution in [1.82, 2.24) is 5.32 Å². The molecule has 0 bridgehead atoms. The van der Waals surface area contributed by atoms with Gasteiger partial charge in [-0.15, -0.1) is 0 Å². The van der Waals surface area contributed by atoms with Crippen molar-refractivity contribution >= 4 is 44.8 Å². The summed E-state index contributed by atoms with van der Waals surface area (Å²) in [5, 5.41) is 3.58. The first-order valence-electron chi connectivity index (χ1n) is 7.99. The summed E-state index contributed by atoms with van der Waals surface area (Å²) in [4.78, 5) is 12.3. The van der Waals surface area contributed by atoms with Gasteiger partial charge in [0.25, 0.3) is 0 Å². The van der Waals surface area contributed by atoms with Crippen molar-refractivity contribution in [3.63, 3.8) is 0 Å². The van der Waals surface area contributed by atoms with Gasteiger partial charge in [0, 0.05) is 16.1 Å². The van der Waals surface area contributed by atoms with Crippen LogP contribution in [-0.2, 0) is 14.8 Å². The van der Waals surface area contributed by atoms with Crippen LogP contribution in [0.5, 0.6) is 0 Å². The molecule has 1 aliphatic rings. The largest absolute Gasteiger partial charge is 0.352 e. The monoisotopic (exact) mass is 392 g/mol. The molecule has 8 heteroatoms. The number of carbonyl (C=O) groups excluding carboxylic acids is 1. The number of carbonyl (C=O) groups is 1. The minimum Gasteiger partial charge on any atom is -0.352 e. The van der Waals surface area contributed by atoms with Crippen LogP contribution in [0.25, 0.3) is 0 Å². The molecule has 0 atom stereocenters. The molecule has 0 aromatic heterocycles. The van der Waals surface area contributed by atoms with E-state index in [1.54, 1.807) is 0 Å². The van der Waals surface area contributed by atoms with E-state index in [9.17, 15) is 13.2 Å². The molecule has 1 fully saturated rings. The fourth-order valence-electron chi connectivity index (χ4n) is 2.91. The van der Waals surface area contributed by atoms with Crippen molar-refractivity contribution in [2.45, 2.75) is 44.6 Å². The highest BCUT2D eigenvalue weighted by Crippen LogP contribution is 2.27. The zero-order chi connectivity index (χ0) is 17.7. The van der Waals surface area contributed by atoms with E-state index < -0.39 is 10.0 Å². The zero-order valence-electron chi connectivity index (χ0n) is 13.6. The van der Waals surface area contributed by atoms with Crippen molar-refractivity contribution in [1.29, 1.82) is 0 Å². The summed E-state index contributed by atoms with van der Waals surface area (Å²) in [6, 6.07) is 4.59. The third kappa shape index (κ3) is 5.83. The minimum absolute atomic E-state index is 0.115. The molecule has 1 aromatic carbocycles. The van der Waals surface area contributed by atoms with E-state index in [1.165, 1.54) is 31.0 Å². The number of benzene rings is 1. The number of amides is 1. The van der Waals surface area contributed by atoms with Gasteiger partial charge in [0.1, 0.15) is 6.54 Å². The molecule has 0 saturated heterocycles. The molecule has 1 N–H and O–H groups in total. The second kappa shape index (κ2) is 8.41. The number of hydrogen-bond acceptors (Lipinski definition) is 3. The van der Waals surface area contributed by atoms with Gasteiger partial charge in [-0.1, -0.05) is 48.9 Å². The van der Waals surface area contributed by atoms with Crippen molar-refractivity contribution < 1.29 is 13.2 Å². The van der Waals surface area contributed by atoms with E-state index in [-0.39, 0.29) is 24.2 Å². The van der Waals surface area contributed by atoms with Gasteiger partial charge in [-0.05, 0) is 31.0 Å². The van der Waals surface area contributed by atoms with E-state index in [4.69, 9.17) is 23.2 Å². The van der Waals surface area contributed by atoms with Crippen molar-refractivity contribution in [3.8, 4) is 0 Å². The maximum absolute atomic E-state index is 12.3. The quantitative estimate of drug-likeness (QED) is 0.778. The summed E-state index contributed by atoms with van der Waals surface area (Å²) in [5.41, 5.74) is 0.283. The Morgan fingerprint density at radius 2 is 1.67 bits per heavy atom. The molecule has 0 spiro atoms. The Bertz CT molecular complexity index is 666. The highest BCUT2D eigenvalue weighted by atomic mass is 35.5. The van der Waals surface area contributed by atoms with Gasteiger partial charge < -0.3 is 5.32 Å². The molecule has 0 unspecified atom stereocenters. The first-order valence-corrected chi connectivity index (χ1v) is 10.6. The van der Waals surface area contributed by atoms with E-state index in [0.717, 1.165) is 36.2 Å². The van der Waals surface area contributed by atoms with Gasteiger partial charge in [0.05, 0.1) is 11.9 Å². The predicted octanol–water partition coefficient (Wildman–Crippen LogP) is 3.60. The first kappa shape index (κ1) is 19.3. The fourth-order valence-corrected chi connectivity index (χ4v) is 4.27. The molecule has 0 heterocycles. The van der Waals surface area contributed by atoms with Crippen LogP contribution >= 0.6 is 23.2 Å². The van der Waals surface area contributed by atoms with E-state index in [0.29, 0.717) is 10.0 Å². The second-order valence-electron chi connectivity index (χ2n) is 6.15. The van der Waals surface area contributed by atoms with Crippen LogP contribution in [0, 0.1) is 0 Å². The second-order valence-corrected chi connectivity index (χ2v) is 8.93. The molecule has 1 saturated carbocycles. The summed E-state index contributed by atoms with van der Waals surface area (Å²) >= 11 is 11.9. The summed E-state index contributed by atoms with van der Waals surface area (Å²) in [6.07, 6.45) is 7.48. The van der Waals surface area contributed by atoms with Crippen LogP contribution in [0.4, 0.5) is 5.69 Å². The van der Waals surface area contributed by atoms with E-state index in [2.05, 4.69) is 5.32 Å². The normalized spacial score (nSPS) is 16.5. The highest BCUT2D eigenvalue weighted by Gasteiger charge is 2.23. The van der Waals surface area contributed by atoms with Gasteiger partial charge in [-0.2, -0.15) is 0 Å². The average Bonchev–Trinajstić information content (AvgIpc) is 2.71. The lowest BCUT2D eigenvalue weighted by Crippen LogP contribution is -2.44. The third-order valence-electron chi connectivity index (χ3n) is 4.04. The van der Waals surface area contributed by atoms with Gasteiger partial charge in [-0.25, -0.2) is 8.42 Å². The lowest BCUT2D eigenvalue weighted by molar-refractivity contribution is -0.120. The topological polar surface area (TPSA) is 66.5 Å². The molecule has 1 aromatic rings. The average molecular weight is 393 g/mol. The molecule has 0 aliphatic heterocycles. The third-order valence-corrected chi connectivity index (χ3v) is 5.62. The zero-order valence-corrected chi connectivity index (χ0v) is 15.9. The molecule has 5 nitrogen and oxygen atoms in total. The Balaban J connectivity index is 2.12. The van der Waals surface area contributed by atoms with Crippen LogP contribution in [0.3, 0.4) is 0 Å². The van der Waals surface area contributed by atoms with Crippen LogP contribution in [0.15, 0.2) is 18.2 Å². The van der Waals surface area contributed by atoms with Gasteiger partial charge in [-0.3, -0.25) is 9.10 Å². The van der Waals surface area contributed by atoms with Crippen molar-refractivity contribution in [2.24, 2.45) is 0 Å². The molecular weight excluding hydrogens is 371 g/mol. The number of anilines is 1. The molecule has 1 amide bonds. The lowest BCUT2D eigenvalue weighted by atomic mass is 10.1. The lowest BCUT2D eigenvalue weighted by Gasteiger charge is -2.24. The maximum atomic E-state index is 12.3. The highest BCUT2D eigenvalue weighted by molar-refractivity contribution is 7.92. The van der Waals surface area contributed by atoms with Gasteiger partial charge in [0.2, 0.25) is 15.9 Å². The Labute approximate surface area is 153 Å². The number of sulfonamides is 1. The smallest absolute Gasteiger partial charge is 0.240 e. The first-order chi connectivity index (χ1) is 11.3. The van der Waals surface area contributed by atoms with E-state index >= 15 is 0 Å². The Hall–Kier alpha value is -0.980. The number of nitrogens with one attached hydrogen (secondary N) is 1. The summed E-state index contributed by atoms with van der Waals surface area (Å²) in [7, 11) is -3.64. The molecular formula is C16H22Cl2N2O3S. The summed E-state index contributed by atoms with van der Waals surface area (Å²) < 4.78 is 25.2.